The summed E-state index contributed by atoms with van der Waals surface area (Å²) >= 11 is 0. The van der Waals surface area contributed by atoms with E-state index in [-0.39, 0.29) is 11.7 Å². The van der Waals surface area contributed by atoms with Crippen molar-refractivity contribution in [2.24, 2.45) is 7.05 Å². The van der Waals surface area contributed by atoms with Gasteiger partial charge in [-0.1, -0.05) is 0 Å². The van der Waals surface area contributed by atoms with Crippen molar-refractivity contribution in [2.75, 3.05) is 13.1 Å². The van der Waals surface area contributed by atoms with Crippen LogP contribution in [-0.4, -0.2) is 23.8 Å². The Morgan fingerprint density at radius 3 is 2.93 bits per heavy atom. The Kier molecular flexibility index (Phi) is 2.77. The highest BCUT2D eigenvalue weighted by atomic mass is 16.5. The molecule has 1 fully saturated rings. The molecule has 4 nitrogen and oxygen atoms in total. The molecule has 82 valence electrons. The third kappa shape index (κ3) is 2.21. The Bertz CT molecular complexity index is 406. The van der Waals surface area contributed by atoms with Crippen molar-refractivity contribution in [1.82, 2.24) is 9.88 Å². The van der Waals surface area contributed by atoms with Gasteiger partial charge in [-0.05, 0) is 26.0 Å². The van der Waals surface area contributed by atoms with Crippen molar-refractivity contribution in [3.63, 3.8) is 0 Å². The first-order chi connectivity index (χ1) is 7.16. The normalized spacial score (nSPS) is 20.5. The zero-order valence-corrected chi connectivity index (χ0v) is 9.12. The molecular weight excluding hydrogens is 192 g/mol. The topological polar surface area (TPSA) is 43.3 Å². The van der Waals surface area contributed by atoms with Crippen molar-refractivity contribution >= 4 is 0 Å². The second-order valence-corrected chi connectivity index (χ2v) is 3.96. The van der Waals surface area contributed by atoms with Gasteiger partial charge in [0.05, 0.1) is 0 Å². The summed E-state index contributed by atoms with van der Waals surface area (Å²) in [4.78, 5) is 11.5. The van der Waals surface area contributed by atoms with Crippen LogP contribution < -0.4 is 15.6 Å². The molecule has 1 N–H and O–H groups in total. The van der Waals surface area contributed by atoms with Gasteiger partial charge in [-0.3, -0.25) is 4.79 Å². The SMILES string of the molecule is Cc1cc(O[C@H]2CCNC2)cc(=O)n1C. The highest BCUT2D eigenvalue weighted by Crippen LogP contribution is 2.14. The van der Waals surface area contributed by atoms with Crippen LogP contribution in [-0.2, 0) is 7.05 Å². The molecule has 0 spiro atoms. The van der Waals surface area contributed by atoms with Crippen molar-refractivity contribution in [2.45, 2.75) is 19.4 Å². The molecule has 0 aliphatic carbocycles. The number of pyridine rings is 1. The van der Waals surface area contributed by atoms with Crippen molar-refractivity contribution in [3.05, 3.63) is 28.2 Å². The molecule has 1 aromatic rings. The lowest BCUT2D eigenvalue weighted by Gasteiger charge is -2.13. The second kappa shape index (κ2) is 4.06. The van der Waals surface area contributed by atoms with Gasteiger partial charge in [0.15, 0.2) is 0 Å². The number of nitrogens with one attached hydrogen (secondary N) is 1. The minimum absolute atomic E-state index is 0.0176. The van der Waals surface area contributed by atoms with E-state index in [0.717, 1.165) is 25.2 Å². The number of hydrogen-bond acceptors (Lipinski definition) is 3. The van der Waals surface area contributed by atoms with Crippen molar-refractivity contribution in [1.29, 1.82) is 0 Å². The molecule has 1 aromatic heterocycles. The number of aromatic nitrogens is 1. The van der Waals surface area contributed by atoms with Gasteiger partial charge >= 0.3 is 0 Å². The van der Waals surface area contributed by atoms with Crippen LogP contribution in [0.5, 0.6) is 5.75 Å². The van der Waals surface area contributed by atoms with E-state index in [0.29, 0.717) is 5.75 Å². The van der Waals surface area contributed by atoms with Gasteiger partial charge in [-0.15, -0.1) is 0 Å². The van der Waals surface area contributed by atoms with E-state index in [1.807, 2.05) is 13.0 Å². The fourth-order valence-corrected chi connectivity index (χ4v) is 1.73. The number of rotatable bonds is 2. The fourth-order valence-electron chi connectivity index (χ4n) is 1.73. The average molecular weight is 208 g/mol. The molecule has 0 bridgehead atoms. The minimum Gasteiger partial charge on any atom is -0.489 e. The van der Waals surface area contributed by atoms with Crippen LogP contribution in [0.1, 0.15) is 12.1 Å². The first-order valence-corrected chi connectivity index (χ1v) is 5.22. The van der Waals surface area contributed by atoms with E-state index >= 15 is 0 Å². The summed E-state index contributed by atoms with van der Waals surface area (Å²) in [5, 5.41) is 3.22. The van der Waals surface area contributed by atoms with Gasteiger partial charge < -0.3 is 14.6 Å². The summed E-state index contributed by atoms with van der Waals surface area (Å²) < 4.78 is 7.33. The standard InChI is InChI=1S/C11H16N2O2/c1-8-5-10(6-11(14)13(8)2)15-9-3-4-12-7-9/h5-6,9,12H,3-4,7H2,1-2H3/t9-/m0/s1. The Hall–Kier alpha value is -1.29. The fraction of sp³-hybridized carbons (Fsp3) is 0.545. The van der Waals surface area contributed by atoms with Crippen LogP contribution in [0, 0.1) is 6.92 Å². The number of ether oxygens (including phenoxy) is 1. The van der Waals surface area contributed by atoms with Gasteiger partial charge in [0, 0.05) is 25.4 Å². The van der Waals surface area contributed by atoms with Gasteiger partial charge in [-0.2, -0.15) is 0 Å². The largest absolute Gasteiger partial charge is 0.489 e. The molecule has 2 heterocycles. The Labute approximate surface area is 88.9 Å². The molecule has 2 rings (SSSR count). The van der Waals surface area contributed by atoms with Gasteiger partial charge in [0.25, 0.3) is 5.56 Å². The molecule has 0 radical (unpaired) electrons. The minimum atomic E-state index is -0.0176. The van der Waals surface area contributed by atoms with Crippen LogP contribution in [0.2, 0.25) is 0 Å². The summed E-state index contributed by atoms with van der Waals surface area (Å²) in [6.45, 7) is 3.77. The highest BCUT2D eigenvalue weighted by molar-refractivity contribution is 5.23. The predicted octanol–water partition coefficient (Wildman–Crippen LogP) is 0.434. The predicted molar refractivity (Wildman–Crippen MR) is 58.3 cm³/mol. The van der Waals surface area contributed by atoms with Gasteiger partial charge in [0.2, 0.25) is 0 Å². The monoisotopic (exact) mass is 208 g/mol. The average Bonchev–Trinajstić information content (AvgIpc) is 2.66. The van der Waals surface area contributed by atoms with Crippen LogP contribution >= 0.6 is 0 Å². The molecule has 1 aliphatic heterocycles. The summed E-state index contributed by atoms with van der Waals surface area (Å²) in [5.41, 5.74) is 0.902. The van der Waals surface area contributed by atoms with E-state index in [2.05, 4.69) is 5.32 Å². The molecule has 0 aromatic carbocycles. The Morgan fingerprint density at radius 1 is 1.53 bits per heavy atom. The third-order valence-corrected chi connectivity index (χ3v) is 2.79. The first-order valence-electron chi connectivity index (χ1n) is 5.22. The maximum Gasteiger partial charge on any atom is 0.254 e. The molecule has 1 aliphatic rings. The third-order valence-electron chi connectivity index (χ3n) is 2.79. The molecule has 0 unspecified atom stereocenters. The van der Waals surface area contributed by atoms with Gasteiger partial charge in [0.1, 0.15) is 11.9 Å². The van der Waals surface area contributed by atoms with Crippen LogP contribution in [0.3, 0.4) is 0 Å². The Morgan fingerprint density at radius 2 is 2.33 bits per heavy atom. The molecule has 4 heteroatoms. The van der Waals surface area contributed by atoms with Crippen LogP contribution in [0.4, 0.5) is 0 Å². The molecule has 0 amide bonds. The first kappa shape index (κ1) is 10.2. The molecular formula is C11H16N2O2. The summed E-state index contributed by atoms with van der Waals surface area (Å²) in [5.74, 6) is 0.685. The summed E-state index contributed by atoms with van der Waals surface area (Å²) in [7, 11) is 1.76. The Balaban J connectivity index is 2.18. The lowest BCUT2D eigenvalue weighted by atomic mass is 10.3. The lowest BCUT2D eigenvalue weighted by Crippen LogP contribution is -2.22. The number of hydrogen-bond donors (Lipinski definition) is 1. The number of nitrogens with zero attached hydrogens (tertiary/aromatic N) is 1. The van der Waals surface area contributed by atoms with Crippen molar-refractivity contribution < 1.29 is 4.74 Å². The summed E-state index contributed by atoms with van der Waals surface area (Å²) in [6.07, 6.45) is 1.21. The zero-order valence-electron chi connectivity index (χ0n) is 9.12. The van der Waals surface area contributed by atoms with E-state index in [4.69, 9.17) is 4.74 Å². The molecule has 1 atom stereocenters. The lowest BCUT2D eigenvalue weighted by molar-refractivity contribution is 0.222. The second-order valence-electron chi connectivity index (χ2n) is 3.96. The molecule has 0 saturated carbocycles. The van der Waals surface area contributed by atoms with Crippen molar-refractivity contribution in [3.8, 4) is 5.75 Å². The molecule has 1 saturated heterocycles. The van der Waals surface area contributed by atoms with Crippen LogP contribution in [0.15, 0.2) is 16.9 Å². The quantitative estimate of drug-likeness (QED) is 0.766. The smallest absolute Gasteiger partial charge is 0.254 e. The maximum atomic E-state index is 11.5. The number of aryl methyl sites for hydroxylation is 1. The highest BCUT2D eigenvalue weighted by Gasteiger charge is 2.16. The zero-order chi connectivity index (χ0) is 10.8. The van der Waals surface area contributed by atoms with E-state index in [9.17, 15) is 4.79 Å². The molecule has 15 heavy (non-hydrogen) atoms. The van der Waals surface area contributed by atoms with Gasteiger partial charge in [-0.25, -0.2) is 0 Å². The summed E-state index contributed by atoms with van der Waals surface area (Å²) in [6, 6.07) is 3.45. The van der Waals surface area contributed by atoms with Crippen LogP contribution in [0.25, 0.3) is 0 Å². The van der Waals surface area contributed by atoms with E-state index < -0.39 is 0 Å². The van der Waals surface area contributed by atoms with E-state index in [1.54, 1.807) is 17.7 Å². The van der Waals surface area contributed by atoms with E-state index in [1.165, 1.54) is 0 Å². The maximum absolute atomic E-state index is 11.5.